The van der Waals surface area contributed by atoms with E-state index in [2.05, 4.69) is 32.4 Å². The summed E-state index contributed by atoms with van der Waals surface area (Å²) in [7, 11) is 0. The van der Waals surface area contributed by atoms with Crippen LogP contribution < -0.4 is 10.3 Å². The van der Waals surface area contributed by atoms with Gasteiger partial charge in [0, 0.05) is 6.54 Å². The van der Waals surface area contributed by atoms with Gasteiger partial charge in [-0.2, -0.15) is 11.3 Å². The molecule has 0 N–H and O–H groups in total. The van der Waals surface area contributed by atoms with E-state index >= 15 is 0 Å². The molecule has 0 spiro atoms. The molecule has 0 aliphatic rings. The van der Waals surface area contributed by atoms with Crippen LogP contribution in [0.1, 0.15) is 11.1 Å². The zero-order chi connectivity index (χ0) is 16.1. The topological polar surface area (TPSA) is 44.1 Å². The van der Waals surface area contributed by atoms with Crippen LogP contribution in [0.15, 0.2) is 62.8 Å². The summed E-state index contributed by atoms with van der Waals surface area (Å²) < 4.78 is 7.60. The maximum Gasteiger partial charge on any atom is 0.271 e. The molecule has 0 saturated heterocycles. The lowest BCUT2D eigenvalue weighted by atomic mass is 10.2. The highest BCUT2D eigenvalue weighted by Gasteiger charge is 2.10. The fourth-order valence-corrected chi connectivity index (χ4v) is 3.27. The third kappa shape index (κ3) is 4.09. The maximum atomic E-state index is 12.4. The zero-order valence-electron chi connectivity index (χ0n) is 12.3. The number of rotatable bonds is 6. The average Bonchev–Trinajstić information content (AvgIpc) is 3.10. The molecule has 0 atom stereocenters. The molecule has 0 unspecified atom stereocenters. The molecule has 0 aliphatic heterocycles. The minimum absolute atomic E-state index is 0.127. The van der Waals surface area contributed by atoms with Crippen molar-refractivity contribution in [3.8, 4) is 5.88 Å². The van der Waals surface area contributed by atoms with Crippen molar-refractivity contribution in [3.63, 3.8) is 0 Å². The Bertz CT molecular complexity index is 816. The van der Waals surface area contributed by atoms with E-state index < -0.39 is 0 Å². The predicted octanol–water partition coefficient (Wildman–Crippen LogP) is 3.89. The lowest BCUT2D eigenvalue weighted by Gasteiger charge is -2.10. The minimum Gasteiger partial charge on any atom is -0.472 e. The van der Waals surface area contributed by atoms with E-state index in [1.807, 2.05) is 35.7 Å². The molecule has 0 saturated carbocycles. The van der Waals surface area contributed by atoms with Crippen molar-refractivity contribution in [1.82, 2.24) is 9.55 Å². The number of aryl methyl sites for hydroxylation is 2. The lowest BCUT2D eigenvalue weighted by Crippen LogP contribution is -2.23. The summed E-state index contributed by atoms with van der Waals surface area (Å²) in [4.78, 5) is 16.6. The molecule has 2 aromatic heterocycles. The highest BCUT2D eigenvalue weighted by molar-refractivity contribution is 9.10. The number of hydrogen-bond acceptors (Lipinski definition) is 4. The van der Waals surface area contributed by atoms with Gasteiger partial charge < -0.3 is 4.74 Å². The van der Waals surface area contributed by atoms with Gasteiger partial charge in [0.1, 0.15) is 17.4 Å². The monoisotopic (exact) mass is 390 g/mol. The molecule has 0 aliphatic carbocycles. The first kappa shape index (κ1) is 16.0. The Kier molecular flexibility index (Phi) is 5.25. The van der Waals surface area contributed by atoms with Crippen LogP contribution >= 0.6 is 27.3 Å². The maximum absolute atomic E-state index is 12.4. The Balaban J connectivity index is 1.68. The number of hydrogen-bond donors (Lipinski definition) is 0. The van der Waals surface area contributed by atoms with E-state index in [0.717, 1.165) is 12.0 Å². The molecule has 118 valence electrons. The SMILES string of the molecule is O=c1c(Br)c(OCc2ccccc2)ncn1CCc1ccsc1. The Morgan fingerprint density at radius 1 is 1.17 bits per heavy atom. The van der Waals surface area contributed by atoms with Crippen LogP contribution in [0.2, 0.25) is 0 Å². The van der Waals surface area contributed by atoms with Gasteiger partial charge in [-0.3, -0.25) is 9.36 Å². The van der Waals surface area contributed by atoms with E-state index in [4.69, 9.17) is 4.74 Å². The van der Waals surface area contributed by atoms with E-state index in [1.165, 1.54) is 5.56 Å². The number of aromatic nitrogens is 2. The molecule has 0 radical (unpaired) electrons. The van der Waals surface area contributed by atoms with Crippen LogP contribution in [0.3, 0.4) is 0 Å². The molecule has 3 rings (SSSR count). The standard InChI is InChI=1S/C17H15BrN2O2S/c18-15-16(22-10-13-4-2-1-3-5-13)19-12-20(17(15)21)8-6-14-7-9-23-11-14/h1-5,7,9,11-12H,6,8,10H2. The van der Waals surface area contributed by atoms with Gasteiger partial charge in [-0.1, -0.05) is 30.3 Å². The normalized spacial score (nSPS) is 10.7. The molecule has 4 nitrogen and oxygen atoms in total. The fourth-order valence-electron chi connectivity index (χ4n) is 2.12. The van der Waals surface area contributed by atoms with Crippen LogP contribution in [0.25, 0.3) is 0 Å². The highest BCUT2D eigenvalue weighted by atomic mass is 79.9. The van der Waals surface area contributed by atoms with Crippen molar-refractivity contribution in [2.24, 2.45) is 0 Å². The van der Waals surface area contributed by atoms with Crippen molar-refractivity contribution < 1.29 is 4.74 Å². The van der Waals surface area contributed by atoms with Crippen molar-refractivity contribution >= 4 is 27.3 Å². The van der Waals surface area contributed by atoms with Gasteiger partial charge in [0.15, 0.2) is 0 Å². The zero-order valence-corrected chi connectivity index (χ0v) is 14.7. The average molecular weight is 391 g/mol. The lowest BCUT2D eigenvalue weighted by molar-refractivity contribution is 0.289. The van der Waals surface area contributed by atoms with Crippen molar-refractivity contribution in [2.45, 2.75) is 19.6 Å². The van der Waals surface area contributed by atoms with Crippen molar-refractivity contribution in [1.29, 1.82) is 0 Å². The molecule has 0 amide bonds. The van der Waals surface area contributed by atoms with E-state index in [1.54, 1.807) is 22.2 Å². The van der Waals surface area contributed by atoms with Gasteiger partial charge >= 0.3 is 0 Å². The van der Waals surface area contributed by atoms with Crippen LogP contribution in [0, 0.1) is 0 Å². The van der Waals surface area contributed by atoms with E-state index in [0.29, 0.717) is 23.5 Å². The van der Waals surface area contributed by atoms with E-state index in [-0.39, 0.29) is 5.56 Å². The van der Waals surface area contributed by atoms with Gasteiger partial charge in [0.2, 0.25) is 5.88 Å². The Hall–Kier alpha value is -1.92. The Morgan fingerprint density at radius 2 is 2.00 bits per heavy atom. The summed E-state index contributed by atoms with van der Waals surface area (Å²) in [6, 6.07) is 11.8. The molecule has 6 heteroatoms. The van der Waals surface area contributed by atoms with Crippen molar-refractivity contribution in [3.05, 3.63) is 79.4 Å². The molecular formula is C17H15BrN2O2S. The highest BCUT2D eigenvalue weighted by Crippen LogP contribution is 2.18. The van der Waals surface area contributed by atoms with Crippen LogP contribution in [0.4, 0.5) is 0 Å². The smallest absolute Gasteiger partial charge is 0.271 e. The third-order valence-corrected chi connectivity index (χ3v) is 4.80. The summed E-state index contributed by atoms with van der Waals surface area (Å²) >= 11 is 4.96. The minimum atomic E-state index is -0.127. The predicted molar refractivity (Wildman–Crippen MR) is 95.0 cm³/mol. The second kappa shape index (κ2) is 7.57. The first-order valence-electron chi connectivity index (χ1n) is 7.17. The first-order chi connectivity index (χ1) is 11.2. The largest absolute Gasteiger partial charge is 0.472 e. The molecule has 0 fully saturated rings. The Morgan fingerprint density at radius 3 is 2.74 bits per heavy atom. The van der Waals surface area contributed by atoms with E-state index in [9.17, 15) is 4.79 Å². The quantitative estimate of drug-likeness (QED) is 0.641. The van der Waals surface area contributed by atoms with Crippen molar-refractivity contribution in [2.75, 3.05) is 0 Å². The second-order valence-corrected chi connectivity index (χ2v) is 6.59. The summed E-state index contributed by atoms with van der Waals surface area (Å²) in [5.41, 5.74) is 2.13. The Labute approximate surface area is 146 Å². The summed E-state index contributed by atoms with van der Waals surface area (Å²) in [5.74, 6) is 0.325. The first-order valence-corrected chi connectivity index (χ1v) is 8.90. The fraction of sp³-hybridized carbons (Fsp3) is 0.176. The number of halogens is 1. The summed E-state index contributed by atoms with van der Waals surface area (Å²) in [6.45, 7) is 0.977. The van der Waals surface area contributed by atoms with Crippen LogP contribution in [0.5, 0.6) is 5.88 Å². The molecule has 1 aromatic carbocycles. The summed E-state index contributed by atoms with van der Waals surface area (Å²) in [5, 5.41) is 4.12. The number of benzene rings is 1. The number of thiophene rings is 1. The van der Waals surface area contributed by atoms with Crippen LogP contribution in [-0.2, 0) is 19.6 Å². The molecule has 23 heavy (non-hydrogen) atoms. The summed E-state index contributed by atoms with van der Waals surface area (Å²) in [6.07, 6.45) is 2.35. The molecular weight excluding hydrogens is 376 g/mol. The van der Waals surface area contributed by atoms with Gasteiger partial charge in [0.25, 0.3) is 5.56 Å². The second-order valence-electron chi connectivity index (χ2n) is 5.02. The molecule has 2 heterocycles. The number of nitrogens with zero attached hydrogens (tertiary/aromatic N) is 2. The number of ether oxygens (including phenoxy) is 1. The molecule has 3 aromatic rings. The van der Waals surface area contributed by atoms with Gasteiger partial charge in [0.05, 0.1) is 0 Å². The molecule has 0 bridgehead atoms. The third-order valence-electron chi connectivity index (χ3n) is 3.39. The van der Waals surface area contributed by atoms with Crippen LogP contribution in [-0.4, -0.2) is 9.55 Å². The van der Waals surface area contributed by atoms with Gasteiger partial charge in [-0.05, 0) is 50.3 Å². The van der Waals surface area contributed by atoms with Gasteiger partial charge in [-0.15, -0.1) is 0 Å². The van der Waals surface area contributed by atoms with Gasteiger partial charge in [-0.25, -0.2) is 4.98 Å².